The van der Waals surface area contributed by atoms with Crippen molar-refractivity contribution >= 4 is 28.5 Å². The summed E-state index contributed by atoms with van der Waals surface area (Å²) in [6.45, 7) is 6.43. The molecule has 0 radical (unpaired) electrons. The van der Waals surface area contributed by atoms with E-state index in [2.05, 4.69) is 43.0 Å². The van der Waals surface area contributed by atoms with Crippen LogP contribution in [0.15, 0.2) is 64.6 Å². The molecule has 0 atom stereocenters. The third-order valence-electron chi connectivity index (χ3n) is 3.49. The van der Waals surface area contributed by atoms with Crippen LogP contribution in [0.25, 0.3) is 0 Å². The number of aryl methyl sites for hydroxylation is 1. The molecule has 3 nitrogen and oxygen atoms in total. The van der Waals surface area contributed by atoms with Crippen LogP contribution < -0.4 is 0 Å². The zero-order valence-electron chi connectivity index (χ0n) is 13.6. The zero-order chi connectivity index (χ0) is 16.1. The van der Waals surface area contributed by atoms with E-state index in [4.69, 9.17) is 9.98 Å². The van der Waals surface area contributed by atoms with Gasteiger partial charge >= 0.3 is 0 Å². The molecule has 0 bridgehead atoms. The third kappa shape index (κ3) is 4.45. The van der Waals surface area contributed by atoms with E-state index >= 15 is 0 Å². The largest absolute Gasteiger partial charge is 0.348 e. The van der Waals surface area contributed by atoms with Crippen molar-refractivity contribution in [1.82, 2.24) is 4.90 Å². The Balaban J connectivity index is 1.99. The number of hydrogen-bond acceptors (Lipinski definition) is 2. The van der Waals surface area contributed by atoms with Crippen molar-refractivity contribution in [1.29, 1.82) is 0 Å². The zero-order valence-corrected chi connectivity index (χ0v) is 14.4. The maximum Gasteiger partial charge on any atom is 0.166 e. The lowest BCUT2D eigenvalue weighted by Gasteiger charge is -2.08. The smallest absolute Gasteiger partial charge is 0.166 e. The highest BCUT2D eigenvalue weighted by atomic mass is 32.2. The van der Waals surface area contributed by atoms with Gasteiger partial charge in [0.05, 0.1) is 5.69 Å². The molecule has 2 aromatic carbocycles. The number of thioether (sulfide) groups is 1. The van der Waals surface area contributed by atoms with Crippen LogP contribution in [0.5, 0.6) is 0 Å². The minimum Gasteiger partial charge on any atom is -0.348 e. The van der Waals surface area contributed by atoms with Crippen LogP contribution in [0.3, 0.4) is 0 Å². The number of nitrogens with zero attached hydrogens (tertiary/aromatic N) is 3. The van der Waals surface area contributed by atoms with Crippen molar-refractivity contribution < 1.29 is 0 Å². The van der Waals surface area contributed by atoms with Crippen LogP contribution in [0.2, 0.25) is 0 Å². The Morgan fingerprint density at radius 2 is 1.74 bits per heavy atom. The fourth-order valence-corrected chi connectivity index (χ4v) is 2.91. The SMILES string of the molecule is CCSC(=NC(=Nc1ccc(C)cc1)c1ccccc1)N1CC1. The van der Waals surface area contributed by atoms with Crippen LogP contribution in [0, 0.1) is 6.92 Å². The van der Waals surface area contributed by atoms with E-state index in [9.17, 15) is 0 Å². The number of benzene rings is 2. The Hall–Kier alpha value is -2.07. The number of aliphatic imine (C=N–C) groups is 2. The monoisotopic (exact) mass is 323 g/mol. The normalized spacial score (nSPS) is 15.0. The van der Waals surface area contributed by atoms with E-state index in [-0.39, 0.29) is 0 Å². The van der Waals surface area contributed by atoms with Gasteiger partial charge in [-0.1, -0.05) is 66.7 Å². The van der Waals surface area contributed by atoms with Crippen molar-refractivity contribution in [2.45, 2.75) is 13.8 Å². The Kier molecular flexibility index (Phi) is 5.13. The molecule has 0 saturated carbocycles. The second kappa shape index (κ2) is 7.47. The summed E-state index contributed by atoms with van der Waals surface area (Å²) in [5, 5.41) is 1.07. The minimum atomic E-state index is 0.775. The molecular weight excluding hydrogens is 302 g/mol. The molecule has 23 heavy (non-hydrogen) atoms. The predicted molar refractivity (Wildman–Crippen MR) is 101 cm³/mol. The Bertz CT molecular complexity index is 701. The van der Waals surface area contributed by atoms with Crippen molar-refractivity contribution in [3.63, 3.8) is 0 Å². The lowest BCUT2D eigenvalue weighted by atomic mass is 10.2. The van der Waals surface area contributed by atoms with Crippen molar-refractivity contribution in [3.8, 4) is 0 Å². The number of rotatable bonds is 3. The molecular formula is C19H21N3S. The Morgan fingerprint density at radius 3 is 2.35 bits per heavy atom. The number of hydrogen-bond donors (Lipinski definition) is 0. The van der Waals surface area contributed by atoms with Gasteiger partial charge < -0.3 is 4.90 Å². The molecule has 0 N–H and O–H groups in total. The van der Waals surface area contributed by atoms with E-state index in [0.29, 0.717) is 0 Å². The second-order valence-electron chi connectivity index (χ2n) is 5.45. The first kappa shape index (κ1) is 15.8. The van der Waals surface area contributed by atoms with Crippen molar-refractivity contribution in [2.24, 2.45) is 9.98 Å². The molecule has 1 heterocycles. The molecule has 0 amide bonds. The van der Waals surface area contributed by atoms with Gasteiger partial charge in [-0.2, -0.15) is 0 Å². The molecule has 1 saturated heterocycles. The standard InChI is InChI=1S/C19H21N3S/c1-3-23-19(22-13-14-22)21-18(16-7-5-4-6-8-16)20-17-11-9-15(2)10-12-17/h4-12H,3,13-14H2,1-2H3. The average molecular weight is 323 g/mol. The molecule has 0 unspecified atom stereocenters. The summed E-state index contributed by atoms with van der Waals surface area (Å²) in [4.78, 5) is 11.9. The highest BCUT2D eigenvalue weighted by molar-refractivity contribution is 8.13. The molecule has 1 aliphatic heterocycles. The van der Waals surface area contributed by atoms with Gasteiger partial charge in [0.15, 0.2) is 11.0 Å². The van der Waals surface area contributed by atoms with Gasteiger partial charge in [-0.05, 0) is 24.8 Å². The fourth-order valence-electron chi connectivity index (χ4n) is 2.14. The van der Waals surface area contributed by atoms with E-state index in [1.165, 1.54) is 5.56 Å². The minimum absolute atomic E-state index is 0.775. The fraction of sp³-hybridized carbons (Fsp3) is 0.263. The van der Waals surface area contributed by atoms with Crippen LogP contribution in [0.1, 0.15) is 18.1 Å². The van der Waals surface area contributed by atoms with Crippen LogP contribution in [0.4, 0.5) is 5.69 Å². The first-order valence-electron chi connectivity index (χ1n) is 7.93. The lowest BCUT2D eigenvalue weighted by molar-refractivity contribution is 0.867. The molecule has 4 heteroatoms. The van der Waals surface area contributed by atoms with Gasteiger partial charge in [0.1, 0.15) is 0 Å². The summed E-state index contributed by atoms with van der Waals surface area (Å²) in [6.07, 6.45) is 0. The van der Waals surface area contributed by atoms with Crippen molar-refractivity contribution in [2.75, 3.05) is 18.8 Å². The van der Waals surface area contributed by atoms with E-state index < -0.39 is 0 Å². The van der Waals surface area contributed by atoms with Gasteiger partial charge in [-0.15, -0.1) is 0 Å². The molecule has 1 fully saturated rings. The highest BCUT2D eigenvalue weighted by Gasteiger charge is 2.22. The van der Waals surface area contributed by atoms with Crippen LogP contribution in [-0.4, -0.2) is 34.7 Å². The summed E-state index contributed by atoms with van der Waals surface area (Å²) < 4.78 is 0. The maximum absolute atomic E-state index is 4.87. The lowest BCUT2D eigenvalue weighted by Crippen LogP contribution is -2.10. The topological polar surface area (TPSA) is 27.7 Å². The van der Waals surface area contributed by atoms with Crippen LogP contribution in [-0.2, 0) is 0 Å². The molecule has 0 spiro atoms. The Labute approximate surface area is 142 Å². The first-order chi connectivity index (χ1) is 11.3. The molecule has 0 aliphatic carbocycles. The molecule has 118 valence electrons. The highest BCUT2D eigenvalue weighted by Crippen LogP contribution is 2.20. The average Bonchev–Trinajstić information content (AvgIpc) is 3.41. The van der Waals surface area contributed by atoms with E-state index in [0.717, 1.165) is 41.1 Å². The van der Waals surface area contributed by atoms with Gasteiger partial charge in [0.25, 0.3) is 0 Å². The van der Waals surface area contributed by atoms with E-state index in [1.807, 2.05) is 30.3 Å². The summed E-state index contributed by atoms with van der Waals surface area (Å²) in [6, 6.07) is 18.4. The molecule has 0 aromatic heterocycles. The summed E-state index contributed by atoms with van der Waals surface area (Å²) in [5.41, 5.74) is 3.22. The molecule has 3 rings (SSSR count). The van der Waals surface area contributed by atoms with E-state index in [1.54, 1.807) is 11.8 Å². The van der Waals surface area contributed by atoms with Crippen LogP contribution >= 0.6 is 11.8 Å². The maximum atomic E-state index is 4.87. The third-order valence-corrected chi connectivity index (χ3v) is 4.39. The predicted octanol–water partition coefficient (Wildman–Crippen LogP) is 4.50. The second-order valence-corrected chi connectivity index (χ2v) is 6.68. The quantitative estimate of drug-likeness (QED) is 0.472. The molecule has 2 aromatic rings. The Morgan fingerprint density at radius 1 is 1.04 bits per heavy atom. The van der Waals surface area contributed by atoms with Gasteiger partial charge in [0.2, 0.25) is 0 Å². The van der Waals surface area contributed by atoms with Crippen molar-refractivity contribution in [3.05, 3.63) is 65.7 Å². The summed E-state index contributed by atoms with van der Waals surface area (Å²) in [5.74, 6) is 1.79. The van der Waals surface area contributed by atoms with Gasteiger partial charge in [-0.3, -0.25) is 0 Å². The van der Waals surface area contributed by atoms with Gasteiger partial charge in [0, 0.05) is 18.7 Å². The number of amidine groups is 2. The summed E-state index contributed by atoms with van der Waals surface area (Å²) >= 11 is 1.78. The van der Waals surface area contributed by atoms with Gasteiger partial charge in [-0.25, -0.2) is 9.98 Å². The summed E-state index contributed by atoms with van der Waals surface area (Å²) in [7, 11) is 0. The first-order valence-corrected chi connectivity index (χ1v) is 8.92. The molecule has 1 aliphatic rings.